The Kier molecular flexibility index (Phi) is 8.34. The van der Waals surface area contributed by atoms with Crippen LogP contribution in [0.2, 0.25) is 0 Å². The van der Waals surface area contributed by atoms with Crippen molar-refractivity contribution < 1.29 is 19.4 Å². The molecule has 5 nitrogen and oxygen atoms in total. The second-order valence-corrected chi connectivity index (χ2v) is 2.66. The molecule has 0 aliphatic carbocycles. The van der Waals surface area contributed by atoms with Gasteiger partial charge >= 0.3 is 5.97 Å². The van der Waals surface area contributed by atoms with Gasteiger partial charge < -0.3 is 14.6 Å². The van der Waals surface area contributed by atoms with Crippen LogP contribution < -0.4 is 0 Å². The number of aliphatic carboxylic acids is 1. The molecule has 0 aliphatic rings. The molecule has 0 unspecified atom stereocenters. The van der Waals surface area contributed by atoms with Crippen molar-refractivity contribution in [2.75, 3.05) is 26.4 Å². The molecule has 0 rings (SSSR count). The number of rotatable bonds is 8. The van der Waals surface area contributed by atoms with Gasteiger partial charge in [0.05, 0.1) is 25.9 Å². The van der Waals surface area contributed by atoms with Gasteiger partial charge in [-0.2, -0.15) is 5.26 Å². The number of hydrogen-bond donors (Lipinski definition) is 1. The van der Waals surface area contributed by atoms with E-state index in [0.717, 1.165) is 6.08 Å². The first-order chi connectivity index (χ1) is 7.22. The molecule has 0 spiro atoms. The molecule has 0 aromatic rings. The van der Waals surface area contributed by atoms with Gasteiger partial charge in [0.25, 0.3) is 0 Å². The minimum Gasteiger partial charge on any atom is -0.478 e. The van der Waals surface area contributed by atoms with E-state index in [1.807, 2.05) is 6.92 Å². The molecule has 0 amide bonds. The Morgan fingerprint density at radius 1 is 1.40 bits per heavy atom. The first-order valence-corrected chi connectivity index (χ1v) is 4.69. The number of hydrogen-bond acceptors (Lipinski definition) is 4. The highest BCUT2D eigenvalue weighted by molar-refractivity contribution is 5.87. The minimum atomic E-state index is -1.08. The molecule has 0 saturated heterocycles. The molecule has 0 atom stereocenters. The van der Waals surface area contributed by atoms with Crippen molar-refractivity contribution in [3.63, 3.8) is 0 Å². The quantitative estimate of drug-likeness (QED) is 0.369. The van der Waals surface area contributed by atoms with Crippen LogP contribution in [0.1, 0.15) is 13.3 Å². The van der Waals surface area contributed by atoms with Crippen LogP contribution >= 0.6 is 0 Å². The van der Waals surface area contributed by atoms with E-state index in [2.05, 4.69) is 0 Å². The molecule has 0 bridgehead atoms. The van der Waals surface area contributed by atoms with Gasteiger partial charge in [-0.3, -0.25) is 0 Å². The number of carboxylic acid groups (broad SMARTS) is 1. The highest BCUT2D eigenvalue weighted by atomic mass is 16.5. The zero-order valence-electron chi connectivity index (χ0n) is 8.73. The van der Waals surface area contributed by atoms with Crippen molar-refractivity contribution in [1.29, 1.82) is 5.26 Å². The minimum absolute atomic E-state index is 0.0638. The summed E-state index contributed by atoms with van der Waals surface area (Å²) in [5.41, 5.74) is 0.0638. The van der Waals surface area contributed by atoms with Crippen molar-refractivity contribution in [2.45, 2.75) is 13.3 Å². The van der Waals surface area contributed by atoms with Crippen molar-refractivity contribution >= 4 is 5.97 Å². The molecule has 0 aromatic carbocycles. The van der Waals surface area contributed by atoms with Crippen LogP contribution in [-0.4, -0.2) is 37.5 Å². The normalized spacial score (nSPS) is 11.1. The number of allylic oxidation sites excluding steroid dienone is 1. The summed E-state index contributed by atoms with van der Waals surface area (Å²) in [5.74, 6) is -1.08. The first kappa shape index (κ1) is 13.6. The van der Waals surface area contributed by atoms with Crippen LogP contribution in [0.5, 0.6) is 0 Å². The zero-order valence-corrected chi connectivity index (χ0v) is 8.73. The number of ether oxygens (including phenoxy) is 2. The topological polar surface area (TPSA) is 79.5 Å². The molecule has 1 N–H and O–H groups in total. The maximum atomic E-state index is 10.6. The third kappa shape index (κ3) is 7.67. The van der Waals surface area contributed by atoms with Crippen LogP contribution in [0, 0.1) is 11.3 Å². The van der Waals surface area contributed by atoms with Crippen LogP contribution in [-0.2, 0) is 14.3 Å². The Labute approximate surface area is 88.9 Å². The predicted octanol–water partition coefficient (Wildman–Crippen LogP) is 0.964. The monoisotopic (exact) mass is 213 g/mol. The Morgan fingerprint density at radius 3 is 2.60 bits per heavy atom. The molecule has 0 aliphatic heterocycles. The van der Waals surface area contributed by atoms with Crippen molar-refractivity contribution in [1.82, 2.24) is 0 Å². The summed E-state index contributed by atoms with van der Waals surface area (Å²) >= 11 is 0. The third-order valence-corrected chi connectivity index (χ3v) is 1.61. The maximum Gasteiger partial charge on any atom is 0.332 e. The Bertz CT molecular complexity index is 255. The summed E-state index contributed by atoms with van der Waals surface area (Å²) < 4.78 is 10.2. The number of nitriles is 1. The summed E-state index contributed by atoms with van der Waals surface area (Å²) in [6.45, 7) is 3.75. The summed E-state index contributed by atoms with van der Waals surface area (Å²) in [5, 5.41) is 17.0. The van der Waals surface area contributed by atoms with E-state index in [4.69, 9.17) is 19.8 Å². The standard InChI is InChI=1S/C10H15NO4/c1-2-14-7-8-15-6-4-9(3-5-11)10(12)13/h3H,2,4,6-8H2,1H3,(H,12,13). The van der Waals surface area contributed by atoms with E-state index in [9.17, 15) is 4.79 Å². The van der Waals surface area contributed by atoms with E-state index in [0.29, 0.717) is 19.8 Å². The second-order valence-electron chi connectivity index (χ2n) is 2.66. The predicted molar refractivity (Wildman–Crippen MR) is 53.3 cm³/mol. The van der Waals surface area contributed by atoms with Gasteiger partial charge in [0.2, 0.25) is 0 Å². The van der Waals surface area contributed by atoms with E-state index >= 15 is 0 Å². The molecule has 5 heteroatoms. The third-order valence-electron chi connectivity index (χ3n) is 1.61. The van der Waals surface area contributed by atoms with Crippen molar-refractivity contribution in [2.24, 2.45) is 0 Å². The molecule has 0 saturated carbocycles. The van der Waals surface area contributed by atoms with Gasteiger partial charge in [-0.1, -0.05) is 0 Å². The smallest absolute Gasteiger partial charge is 0.332 e. The van der Waals surface area contributed by atoms with Gasteiger partial charge in [0, 0.05) is 24.7 Å². The molecular weight excluding hydrogens is 198 g/mol. The summed E-state index contributed by atoms with van der Waals surface area (Å²) in [6.07, 6.45) is 1.25. The molecule has 0 heterocycles. The van der Waals surface area contributed by atoms with Crippen molar-refractivity contribution in [3.8, 4) is 6.07 Å². The van der Waals surface area contributed by atoms with Gasteiger partial charge in [-0.05, 0) is 6.92 Å². The van der Waals surface area contributed by atoms with E-state index in [-0.39, 0.29) is 18.6 Å². The zero-order chi connectivity index (χ0) is 11.5. The molecule has 0 fully saturated rings. The Hall–Kier alpha value is -1.38. The average Bonchev–Trinajstić information content (AvgIpc) is 2.21. The lowest BCUT2D eigenvalue weighted by molar-refractivity contribution is -0.132. The number of carboxylic acids is 1. The van der Waals surface area contributed by atoms with Crippen LogP contribution in [0.25, 0.3) is 0 Å². The number of carbonyl (C=O) groups is 1. The SMILES string of the molecule is CCOCCOCCC(=CC#N)C(=O)O. The highest BCUT2D eigenvalue weighted by Crippen LogP contribution is 2.01. The fourth-order valence-corrected chi connectivity index (χ4v) is 0.865. The first-order valence-electron chi connectivity index (χ1n) is 4.69. The fraction of sp³-hybridized carbons (Fsp3) is 0.600. The van der Waals surface area contributed by atoms with Crippen LogP contribution in [0.15, 0.2) is 11.6 Å². The summed E-state index contributed by atoms with van der Waals surface area (Å²) in [7, 11) is 0. The lowest BCUT2D eigenvalue weighted by atomic mass is 10.2. The van der Waals surface area contributed by atoms with Crippen molar-refractivity contribution in [3.05, 3.63) is 11.6 Å². The number of nitrogens with zero attached hydrogens (tertiary/aromatic N) is 1. The van der Waals surface area contributed by atoms with Gasteiger partial charge in [0.15, 0.2) is 0 Å². The Balaban J connectivity index is 3.61. The lowest BCUT2D eigenvalue weighted by Crippen LogP contribution is -2.08. The molecule has 0 aromatic heterocycles. The van der Waals surface area contributed by atoms with Gasteiger partial charge in [-0.15, -0.1) is 0 Å². The largest absolute Gasteiger partial charge is 0.478 e. The second kappa shape index (κ2) is 9.19. The molecular formula is C10H15NO4. The molecule has 15 heavy (non-hydrogen) atoms. The van der Waals surface area contributed by atoms with E-state index < -0.39 is 5.97 Å². The van der Waals surface area contributed by atoms with Gasteiger partial charge in [-0.25, -0.2) is 4.79 Å². The van der Waals surface area contributed by atoms with Gasteiger partial charge in [0.1, 0.15) is 0 Å². The van der Waals surface area contributed by atoms with E-state index in [1.54, 1.807) is 6.07 Å². The van der Waals surface area contributed by atoms with Crippen LogP contribution in [0.3, 0.4) is 0 Å². The van der Waals surface area contributed by atoms with Crippen LogP contribution in [0.4, 0.5) is 0 Å². The Morgan fingerprint density at radius 2 is 2.07 bits per heavy atom. The molecule has 84 valence electrons. The fourth-order valence-electron chi connectivity index (χ4n) is 0.865. The summed E-state index contributed by atoms with van der Waals surface area (Å²) in [6, 6.07) is 1.69. The average molecular weight is 213 g/mol. The van der Waals surface area contributed by atoms with E-state index in [1.165, 1.54) is 0 Å². The highest BCUT2D eigenvalue weighted by Gasteiger charge is 2.06. The maximum absolute atomic E-state index is 10.6. The summed E-state index contributed by atoms with van der Waals surface area (Å²) in [4.78, 5) is 10.6. The molecule has 0 radical (unpaired) electrons. The lowest BCUT2D eigenvalue weighted by Gasteiger charge is -2.04.